The SMILES string of the molecule is Cn1ccc(C(=O)N2CCCC(c3nc4ccc(-c5ccncc5)cn4n3)C2)n1.O=C(O)C(F)(F)F. The first kappa shape index (κ1) is 24.8. The normalized spacial score (nSPS) is 15.9. The molecule has 36 heavy (non-hydrogen) atoms. The van der Waals surface area contributed by atoms with Crippen LogP contribution < -0.4 is 0 Å². The summed E-state index contributed by atoms with van der Waals surface area (Å²) in [5.41, 5.74) is 3.44. The second kappa shape index (κ2) is 10.1. The van der Waals surface area contributed by atoms with Gasteiger partial charge in [-0.3, -0.25) is 14.5 Å². The summed E-state index contributed by atoms with van der Waals surface area (Å²) in [4.78, 5) is 32.3. The highest BCUT2D eigenvalue weighted by Crippen LogP contribution is 2.27. The quantitative estimate of drug-likeness (QED) is 0.458. The second-order valence-corrected chi connectivity index (χ2v) is 8.19. The number of halogens is 3. The van der Waals surface area contributed by atoms with Gasteiger partial charge in [-0.25, -0.2) is 14.3 Å². The molecule has 1 fully saturated rings. The molecule has 0 saturated carbocycles. The molecule has 13 heteroatoms. The van der Waals surface area contributed by atoms with E-state index in [1.807, 2.05) is 46.9 Å². The average Bonchev–Trinajstić information content (AvgIpc) is 3.50. The van der Waals surface area contributed by atoms with E-state index in [-0.39, 0.29) is 11.8 Å². The molecule has 1 atom stereocenters. The molecular weight excluding hydrogens is 479 g/mol. The Kier molecular flexibility index (Phi) is 6.99. The number of aliphatic carboxylic acids is 1. The summed E-state index contributed by atoms with van der Waals surface area (Å²) in [6.45, 7) is 1.36. The van der Waals surface area contributed by atoms with Crippen LogP contribution in [0.4, 0.5) is 13.2 Å². The van der Waals surface area contributed by atoms with E-state index < -0.39 is 12.1 Å². The third-order valence-electron chi connectivity index (χ3n) is 5.61. The maximum absolute atomic E-state index is 12.8. The van der Waals surface area contributed by atoms with Crippen LogP contribution in [0.25, 0.3) is 16.8 Å². The van der Waals surface area contributed by atoms with Gasteiger partial charge in [-0.15, -0.1) is 0 Å². The summed E-state index contributed by atoms with van der Waals surface area (Å²) in [7, 11) is 1.82. The van der Waals surface area contributed by atoms with E-state index in [1.165, 1.54) is 0 Å². The van der Waals surface area contributed by atoms with Gasteiger partial charge in [0.1, 0.15) is 5.69 Å². The van der Waals surface area contributed by atoms with Crippen molar-refractivity contribution in [3.05, 3.63) is 66.6 Å². The fourth-order valence-corrected chi connectivity index (χ4v) is 3.85. The highest BCUT2D eigenvalue weighted by Gasteiger charge is 2.38. The second-order valence-electron chi connectivity index (χ2n) is 8.19. The largest absolute Gasteiger partial charge is 0.490 e. The molecule has 5 heterocycles. The number of nitrogens with zero attached hydrogens (tertiary/aromatic N) is 7. The molecule has 0 spiro atoms. The minimum atomic E-state index is -5.08. The molecule has 0 radical (unpaired) electrons. The van der Waals surface area contributed by atoms with E-state index in [1.54, 1.807) is 29.3 Å². The van der Waals surface area contributed by atoms with Crippen molar-refractivity contribution in [3.8, 4) is 11.1 Å². The van der Waals surface area contributed by atoms with Gasteiger partial charge >= 0.3 is 12.1 Å². The van der Waals surface area contributed by atoms with Crippen molar-refractivity contribution in [2.24, 2.45) is 7.05 Å². The molecule has 1 unspecified atom stereocenters. The summed E-state index contributed by atoms with van der Waals surface area (Å²) in [6.07, 6.45) is 4.16. The molecule has 4 aromatic heterocycles. The number of carbonyl (C=O) groups excluding carboxylic acids is 1. The summed E-state index contributed by atoms with van der Waals surface area (Å²) >= 11 is 0. The lowest BCUT2D eigenvalue weighted by Crippen LogP contribution is -2.39. The van der Waals surface area contributed by atoms with Gasteiger partial charge in [0.25, 0.3) is 5.91 Å². The van der Waals surface area contributed by atoms with Crippen molar-refractivity contribution in [3.63, 3.8) is 0 Å². The van der Waals surface area contributed by atoms with Gasteiger partial charge in [-0.1, -0.05) is 0 Å². The first-order valence-corrected chi connectivity index (χ1v) is 11.0. The van der Waals surface area contributed by atoms with E-state index in [0.29, 0.717) is 12.2 Å². The molecule has 1 aliphatic heterocycles. The van der Waals surface area contributed by atoms with Gasteiger partial charge < -0.3 is 10.0 Å². The summed E-state index contributed by atoms with van der Waals surface area (Å²) < 4.78 is 35.2. The number of aryl methyl sites for hydroxylation is 1. The molecule has 4 aromatic rings. The van der Waals surface area contributed by atoms with Crippen LogP contribution in [0.5, 0.6) is 0 Å². The number of carbonyl (C=O) groups is 2. The van der Waals surface area contributed by atoms with Crippen LogP contribution in [-0.2, 0) is 11.8 Å². The number of carboxylic acids is 1. The summed E-state index contributed by atoms with van der Waals surface area (Å²) in [5.74, 6) is -1.87. The topological polar surface area (TPSA) is 119 Å². The van der Waals surface area contributed by atoms with Crippen molar-refractivity contribution >= 4 is 17.5 Å². The van der Waals surface area contributed by atoms with Gasteiger partial charge in [0.05, 0.1) is 0 Å². The maximum Gasteiger partial charge on any atom is 0.490 e. The molecule has 10 nitrogen and oxygen atoms in total. The molecule has 1 aliphatic rings. The smallest absolute Gasteiger partial charge is 0.475 e. The van der Waals surface area contributed by atoms with E-state index in [0.717, 1.165) is 42.0 Å². The molecular formula is C23H22F3N7O3. The van der Waals surface area contributed by atoms with E-state index in [9.17, 15) is 18.0 Å². The predicted octanol–water partition coefficient (Wildman–Crippen LogP) is 3.18. The Labute approximate surface area is 203 Å². The number of carboxylic acid groups (broad SMARTS) is 1. The van der Waals surface area contributed by atoms with Crippen molar-refractivity contribution in [1.82, 2.24) is 34.3 Å². The molecule has 1 saturated heterocycles. The van der Waals surface area contributed by atoms with Crippen LogP contribution in [0.1, 0.15) is 35.1 Å². The Morgan fingerprint density at radius 2 is 1.78 bits per heavy atom. The number of hydrogen-bond donors (Lipinski definition) is 1. The Bertz CT molecular complexity index is 1370. The third-order valence-corrected chi connectivity index (χ3v) is 5.61. The number of alkyl halides is 3. The number of fused-ring (bicyclic) bond motifs is 1. The van der Waals surface area contributed by atoms with Crippen molar-refractivity contribution in [2.75, 3.05) is 13.1 Å². The van der Waals surface area contributed by atoms with Gasteiger partial charge in [0, 0.05) is 56.4 Å². The third kappa shape index (κ3) is 5.67. The highest BCUT2D eigenvalue weighted by molar-refractivity contribution is 5.92. The summed E-state index contributed by atoms with van der Waals surface area (Å²) in [6, 6.07) is 9.73. The number of aromatic nitrogens is 6. The lowest BCUT2D eigenvalue weighted by molar-refractivity contribution is -0.192. The number of amides is 1. The lowest BCUT2D eigenvalue weighted by Gasteiger charge is -2.30. The molecule has 5 rings (SSSR count). The molecule has 1 N–H and O–H groups in total. The van der Waals surface area contributed by atoms with Crippen LogP contribution >= 0.6 is 0 Å². The zero-order valence-electron chi connectivity index (χ0n) is 19.1. The Hall–Kier alpha value is -4.29. The van der Waals surface area contributed by atoms with Crippen LogP contribution in [0.3, 0.4) is 0 Å². The zero-order valence-corrected chi connectivity index (χ0v) is 19.1. The van der Waals surface area contributed by atoms with E-state index in [4.69, 9.17) is 20.0 Å². The minimum Gasteiger partial charge on any atom is -0.475 e. The monoisotopic (exact) mass is 501 g/mol. The average molecular weight is 501 g/mol. The first-order chi connectivity index (χ1) is 17.1. The first-order valence-electron chi connectivity index (χ1n) is 11.0. The van der Waals surface area contributed by atoms with Crippen molar-refractivity contribution < 1.29 is 27.9 Å². The van der Waals surface area contributed by atoms with Gasteiger partial charge in [-0.05, 0) is 48.7 Å². The fraction of sp³-hybridized carbons (Fsp3) is 0.304. The van der Waals surface area contributed by atoms with Gasteiger partial charge in [0.2, 0.25) is 0 Å². The van der Waals surface area contributed by atoms with Gasteiger partial charge in [-0.2, -0.15) is 23.4 Å². The van der Waals surface area contributed by atoms with Crippen LogP contribution in [0.15, 0.2) is 55.1 Å². The van der Waals surface area contributed by atoms with Gasteiger partial charge in [0.15, 0.2) is 11.5 Å². The number of pyridine rings is 2. The fourth-order valence-electron chi connectivity index (χ4n) is 3.85. The zero-order chi connectivity index (χ0) is 25.9. The number of likely N-dealkylation sites (tertiary alicyclic amines) is 1. The number of hydrogen-bond acceptors (Lipinski definition) is 6. The highest BCUT2D eigenvalue weighted by atomic mass is 19.4. The van der Waals surface area contributed by atoms with Crippen LogP contribution in [-0.4, -0.2) is 70.5 Å². The molecule has 1 amide bonds. The van der Waals surface area contributed by atoms with Crippen molar-refractivity contribution in [2.45, 2.75) is 24.9 Å². The van der Waals surface area contributed by atoms with Crippen LogP contribution in [0, 0.1) is 0 Å². The Morgan fingerprint density at radius 3 is 2.42 bits per heavy atom. The maximum atomic E-state index is 12.8. The number of piperidine rings is 1. The van der Waals surface area contributed by atoms with Crippen molar-refractivity contribution in [1.29, 1.82) is 0 Å². The predicted molar refractivity (Wildman–Crippen MR) is 121 cm³/mol. The minimum absolute atomic E-state index is 0.0287. The molecule has 0 bridgehead atoms. The standard InChI is InChI=1S/C21H21N7O.C2HF3O2/c1-26-12-8-18(24-26)21(29)27-11-2-3-17(13-27)20-23-19-5-4-16(14-28(19)25-20)15-6-9-22-10-7-15;3-2(4,5)1(6)7/h4-10,12,14,17H,2-3,11,13H2,1H3;(H,6,7). The van der Waals surface area contributed by atoms with E-state index in [2.05, 4.69) is 10.1 Å². The molecule has 188 valence electrons. The number of rotatable bonds is 3. The summed E-state index contributed by atoms with van der Waals surface area (Å²) in [5, 5.41) is 16.1. The lowest BCUT2D eigenvalue weighted by atomic mass is 9.97. The Morgan fingerprint density at radius 1 is 1.06 bits per heavy atom. The molecule has 0 aliphatic carbocycles. The van der Waals surface area contributed by atoms with E-state index >= 15 is 0 Å². The molecule has 0 aromatic carbocycles. The Balaban J connectivity index is 0.000000384. The van der Waals surface area contributed by atoms with Crippen LogP contribution in [0.2, 0.25) is 0 Å².